The van der Waals surface area contributed by atoms with Gasteiger partial charge in [0.2, 0.25) is 0 Å². The van der Waals surface area contributed by atoms with E-state index in [1.807, 2.05) is 34.6 Å². The van der Waals surface area contributed by atoms with Crippen LogP contribution in [0.2, 0.25) is 0 Å². The van der Waals surface area contributed by atoms with E-state index in [0.717, 1.165) is 15.3 Å². The molecule has 1 aliphatic rings. The maximum Gasteiger partial charge on any atom is 0.340 e. The summed E-state index contributed by atoms with van der Waals surface area (Å²) in [4.78, 5) is 27.9. The Hall–Kier alpha value is -1.96. The summed E-state index contributed by atoms with van der Waals surface area (Å²) in [5.41, 5.74) is 0.933. The van der Waals surface area contributed by atoms with E-state index in [4.69, 9.17) is 21.7 Å². The van der Waals surface area contributed by atoms with Crippen LogP contribution in [0.15, 0.2) is 24.3 Å². The lowest BCUT2D eigenvalue weighted by Gasteiger charge is -2.30. The van der Waals surface area contributed by atoms with E-state index in [1.54, 1.807) is 0 Å². The van der Waals surface area contributed by atoms with E-state index in [9.17, 15) is 14.0 Å². The summed E-state index contributed by atoms with van der Waals surface area (Å²) in [6.07, 6.45) is 0.989. The Morgan fingerprint density at radius 2 is 1.87 bits per heavy atom. The first-order valence-corrected chi connectivity index (χ1v) is 11.4. The van der Waals surface area contributed by atoms with Crippen LogP contribution < -0.4 is 0 Å². The van der Waals surface area contributed by atoms with Gasteiger partial charge in [-0.05, 0) is 64.4 Å². The number of halogens is 1. The van der Waals surface area contributed by atoms with Crippen LogP contribution in [0.1, 0.15) is 77.1 Å². The Balaban J connectivity index is 1.85. The molecule has 0 saturated carbocycles. The van der Waals surface area contributed by atoms with Crippen molar-refractivity contribution in [2.24, 2.45) is 0 Å². The Morgan fingerprint density at radius 3 is 2.48 bits per heavy atom. The van der Waals surface area contributed by atoms with E-state index in [-0.39, 0.29) is 23.8 Å². The molecule has 1 aliphatic heterocycles. The molecule has 0 unspecified atom stereocenters. The normalized spacial score (nSPS) is 15.3. The van der Waals surface area contributed by atoms with Gasteiger partial charge in [-0.2, -0.15) is 0 Å². The van der Waals surface area contributed by atoms with Gasteiger partial charge in [0.25, 0.3) is 0 Å². The average molecular weight is 463 g/mol. The molecule has 0 saturated heterocycles. The molecule has 0 radical (unpaired) electrons. The van der Waals surface area contributed by atoms with Crippen LogP contribution in [0.5, 0.6) is 0 Å². The van der Waals surface area contributed by atoms with E-state index in [2.05, 4.69) is 0 Å². The van der Waals surface area contributed by atoms with Crippen molar-refractivity contribution in [1.29, 1.82) is 0 Å². The number of ether oxygens (including phenoxy) is 2. The summed E-state index contributed by atoms with van der Waals surface area (Å²) in [5, 5.41) is 0. The number of esters is 1. The lowest BCUT2D eigenvalue weighted by atomic mass is 9.92. The fourth-order valence-corrected chi connectivity index (χ4v) is 5.09. The zero-order valence-electron chi connectivity index (χ0n) is 18.5. The zero-order valence-corrected chi connectivity index (χ0v) is 20.1. The molecular formula is C24H27FO4S2. The number of thiocarbonyl (C=S) groups is 1. The van der Waals surface area contributed by atoms with Crippen LogP contribution in [0.4, 0.5) is 4.39 Å². The smallest absolute Gasteiger partial charge is 0.340 e. The third-order valence-corrected chi connectivity index (χ3v) is 6.34. The Bertz CT molecular complexity index is 1010. The van der Waals surface area contributed by atoms with Gasteiger partial charge in [-0.25, -0.2) is 9.18 Å². The van der Waals surface area contributed by atoms with Crippen molar-refractivity contribution in [3.63, 3.8) is 0 Å². The fraction of sp³-hybridized carbons (Fsp3) is 0.458. The van der Waals surface area contributed by atoms with Gasteiger partial charge in [-0.1, -0.05) is 12.2 Å². The van der Waals surface area contributed by atoms with Crippen molar-refractivity contribution in [3.05, 3.63) is 56.5 Å². The fourth-order valence-electron chi connectivity index (χ4n) is 3.46. The van der Waals surface area contributed by atoms with Gasteiger partial charge in [0.05, 0.1) is 17.8 Å². The first-order valence-electron chi connectivity index (χ1n) is 10.2. The molecule has 31 heavy (non-hydrogen) atoms. The summed E-state index contributed by atoms with van der Waals surface area (Å²) in [7, 11) is 0. The van der Waals surface area contributed by atoms with E-state index < -0.39 is 11.4 Å². The molecule has 0 bridgehead atoms. The van der Waals surface area contributed by atoms with Crippen molar-refractivity contribution >= 4 is 40.2 Å². The molecule has 0 amide bonds. The molecule has 0 fully saturated rings. The Morgan fingerprint density at radius 1 is 1.23 bits per heavy atom. The third kappa shape index (κ3) is 6.05. The number of Topliss-reactive ketones (excluding diaryl/α,β-unsaturated/α-hetero) is 1. The molecule has 0 aliphatic carbocycles. The van der Waals surface area contributed by atoms with Gasteiger partial charge in [-0.15, -0.1) is 11.3 Å². The van der Waals surface area contributed by atoms with Gasteiger partial charge in [-0.3, -0.25) is 4.79 Å². The summed E-state index contributed by atoms with van der Waals surface area (Å²) in [6.45, 7) is 9.94. The van der Waals surface area contributed by atoms with Crippen LogP contribution in [0.3, 0.4) is 0 Å². The maximum atomic E-state index is 13.1. The number of rotatable bonds is 6. The number of carbonyl (C=O) groups is 2. The standard InChI is InChI=1S/C24H27FO4S2/c1-23(2,3)29-22(27)21-17-12-24(4,5)28-13-20(17)31-19(21)11-16(30)10-18(26)14-6-8-15(25)9-7-14/h6-9H,10-13H2,1-5H3. The molecule has 1 aromatic heterocycles. The van der Waals surface area contributed by atoms with Gasteiger partial charge in [0.15, 0.2) is 5.78 Å². The summed E-state index contributed by atoms with van der Waals surface area (Å²) in [6, 6.07) is 5.42. The molecule has 0 N–H and O–H groups in total. The topological polar surface area (TPSA) is 52.6 Å². The second kappa shape index (κ2) is 8.88. The van der Waals surface area contributed by atoms with Gasteiger partial charge in [0, 0.05) is 39.4 Å². The molecule has 0 atom stereocenters. The number of ketones is 1. The molecule has 2 heterocycles. The van der Waals surface area contributed by atoms with Crippen molar-refractivity contribution in [2.45, 2.75) is 71.7 Å². The molecule has 2 aromatic rings. The summed E-state index contributed by atoms with van der Waals surface area (Å²) >= 11 is 7.00. The Labute approximate surface area is 191 Å². The number of hydrogen-bond donors (Lipinski definition) is 0. The summed E-state index contributed by atoms with van der Waals surface area (Å²) < 4.78 is 24.7. The highest BCUT2D eigenvalue weighted by Gasteiger charge is 2.35. The molecule has 4 nitrogen and oxygen atoms in total. The molecule has 166 valence electrons. The van der Waals surface area contributed by atoms with E-state index >= 15 is 0 Å². The number of thiophene rings is 1. The molecule has 1 aromatic carbocycles. The SMILES string of the molecule is CC(C)(C)OC(=O)c1c(CC(=S)CC(=O)c2ccc(F)cc2)sc2c1CC(C)(C)OC2. The second-order valence-electron chi connectivity index (χ2n) is 9.35. The van der Waals surface area contributed by atoms with Crippen molar-refractivity contribution in [1.82, 2.24) is 0 Å². The summed E-state index contributed by atoms with van der Waals surface area (Å²) in [5.74, 6) is -0.935. The minimum atomic E-state index is -0.622. The van der Waals surface area contributed by atoms with Crippen LogP contribution >= 0.6 is 23.6 Å². The Kier molecular flexibility index (Phi) is 6.79. The van der Waals surface area contributed by atoms with Crippen LogP contribution in [-0.4, -0.2) is 27.8 Å². The van der Waals surface area contributed by atoms with Crippen molar-refractivity contribution in [3.8, 4) is 0 Å². The zero-order chi connectivity index (χ0) is 23.0. The number of fused-ring (bicyclic) bond motifs is 1. The quantitative estimate of drug-likeness (QED) is 0.305. The lowest BCUT2D eigenvalue weighted by Crippen LogP contribution is -2.32. The van der Waals surface area contributed by atoms with Gasteiger partial charge < -0.3 is 9.47 Å². The van der Waals surface area contributed by atoms with E-state index in [1.165, 1.54) is 35.6 Å². The largest absolute Gasteiger partial charge is 0.456 e. The number of benzene rings is 1. The highest BCUT2D eigenvalue weighted by molar-refractivity contribution is 7.80. The molecule has 3 rings (SSSR count). The molecule has 7 heteroatoms. The minimum Gasteiger partial charge on any atom is -0.456 e. The predicted octanol–water partition coefficient (Wildman–Crippen LogP) is 5.88. The minimum absolute atomic E-state index is 0.0548. The monoisotopic (exact) mass is 462 g/mol. The average Bonchev–Trinajstić information content (AvgIpc) is 2.96. The highest BCUT2D eigenvalue weighted by Crippen LogP contribution is 2.39. The molecular weight excluding hydrogens is 435 g/mol. The third-order valence-electron chi connectivity index (χ3n) is 4.84. The number of carbonyl (C=O) groups excluding carboxylic acids is 2. The van der Waals surface area contributed by atoms with Crippen molar-refractivity contribution in [2.75, 3.05) is 0 Å². The first kappa shape index (κ1) is 23.7. The number of hydrogen-bond acceptors (Lipinski definition) is 6. The predicted molar refractivity (Wildman–Crippen MR) is 124 cm³/mol. The van der Waals surface area contributed by atoms with Crippen molar-refractivity contribution < 1.29 is 23.5 Å². The highest BCUT2D eigenvalue weighted by atomic mass is 32.1. The first-order chi connectivity index (χ1) is 14.3. The van der Waals surface area contributed by atoms with Crippen LogP contribution in [0, 0.1) is 5.82 Å². The second-order valence-corrected chi connectivity index (χ2v) is 11.1. The van der Waals surface area contributed by atoms with Gasteiger partial charge >= 0.3 is 5.97 Å². The van der Waals surface area contributed by atoms with Crippen LogP contribution in [-0.2, 0) is 28.9 Å². The van der Waals surface area contributed by atoms with E-state index in [0.29, 0.717) is 35.4 Å². The maximum absolute atomic E-state index is 13.1. The molecule has 0 spiro atoms. The van der Waals surface area contributed by atoms with Gasteiger partial charge in [0.1, 0.15) is 11.4 Å². The lowest BCUT2D eigenvalue weighted by molar-refractivity contribution is -0.0387. The van der Waals surface area contributed by atoms with Crippen LogP contribution in [0.25, 0.3) is 0 Å².